The standard InChI is InChI=1S/C16H25NO/c1-17-12-15(9-5-6-10-18)16(13-17)11-14-7-3-2-4-8-14/h2-4,7-8,15-16,18H,5-6,9-13H2,1H3/t15-,16+/m0/s1. The van der Waals surface area contributed by atoms with Crippen LogP contribution in [0.1, 0.15) is 24.8 Å². The molecule has 0 saturated carbocycles. The zero-order valence-electron chi connectivity index (χ0n) is 11.4. The van der Waals surface area contributed by atoms with Crippen molar-refractivity contribution in [1.82, 2.24) is 4.90 Å². The van der Waals surface area contributed by atoms with Crippen molar-refractivity contribution in [3.05, 3.63) is 35.9 Å². The highest BCUT2D eigenvalue weighted by Gasteiger charge is 2.30. The Hall–Kier alpha value is -0.860. The zero-order chi connectivity index (χ0) is 12.8. The van der Waals surface area contributed by atoms with Gasteiger partial charge < -0.3 is 10.0 Å². The number of aliphatic hydroxyl groups excluding tert-OH is 1. The minimum Gasteiger partial charge on any atom is -0.396 e. The van der Waals surface area contributed by atoms with Gasteiger partial charge >= 0.3 is 0 Å². The van der Waals surface area contributed by atoms with Gasteiger partial charge in [-0.3, -0.25) is 0 Å². The zero-order valence-corrected chi connectivity index (χ0v) is 11.4. The number of nitrogens with zero attached hydrogens (tertiary/aromatic N) is 1. The van der Waals surface area contributed by atoms with Crippen molar-refractivity contribution in [3.8, 4) is 0 Å². The molecule has 0 bridgehead atoms. The molecular formula is C16H25NO. The van der Waals surface area contributed by atoms with Crippen LogP contribution in [0.15, 0.2) is 30.3 Å². The number of unbranched alkanes of at least 4 members (excludes halogenated alkanes) is 1. The maximum atomic E-state index is 8.88. The van der Waals surface area contributed by atoms with Gasteiger partial charge in [-0.15, -0.1) is 0 Å². The summed E-state index contributed by atoms with van der Waals surface area (Å²) in [6, 6.07) is 10.8. The third-order valence-electron chi connectivity index (χ3n) is 4.08. The monoisotopic (exact) mass is 247 g/mol. The van der Waals surface area contributed by atoms with E-state index in [2.05, 4.69) is 42.3 Å². The molecule has 0 spiro atoms. The van der Waals surface area contributed by atoms with E-state index in [0.717, 1.165) is 18.3 Å². The number of hydrogen-bond donors (Lipinski definition) is 1. The lowest BCUT2D eigenvalue weighted by molar-refractivity contribution is 0.272. The summed E-state index contributed by atoms with van der Waals surface area (Å²) in [5.41, 5.74) is 1.46. The van der Waals surface area contributed by atoms with E-state index in [1.54, 1.807) is 0 Å². The predicted molar refractivity (Wildman–Crippen MR) is 75.6 cm³/mol. The molecule has 2 heteroatoms. The van der Waals surface area contributed by atoms with Crippen molar-refractivity contribution in [1.29, 1.82) is 0 Å². The van der Waals surface area contributed by atoms with E-state index in [4.69, 9.17) is 5.11 Å². The van der Waals surface area contributed by atoms with E-state index < -0.39 is 0 Å². The Morgan fingerprint density at radius 2 is 1.83 bits per heavy atom. The van der Waals surface area contributed by atoms with Crippen molar-refractivity contribution >= 4 is 0 Å². The van der Waals surface area contributed by atoms with Gasteiger partial charge in [0.05, 0.1) is 0 Å². The van der Waals surface area contributed by atoms with Gasteiger partial charge in [0.1, 0.15) is 0 Å². The first-order chi connectivity index (χ1) is 8.79. The van der Waals surface area contributed by atoms with E-state index in [1.807, 2.05) is 0 Å². The lowest BCUT2D eigenvalue weighted by Crippen LogP contribution is -2.15. The van der Waals surface area contributed by atoms with Crippen LogP contribution in [0.25, 0.3) is 0 Å². The fourth-order valence-electron chi connectivity index (χ4n) is 3.17. The fourth-order valence-corrected chi connectivity index (χ4v) is 3.17. The Morgan fingerprint density at radius 3 is 2.56 bits per heavy atom. The highest BCUT2D eigenvalue weighted by atomic mass is 16.2. The Labute approximate surface area is 111 Å². The maximum Gasteiger partial charge on any atom is 0.0431 e. The Kier molecular flexibility index (Phi) is 5.21. The smallest absolute Gasteiger partial charge is 0.0431 e. The minimum atomic E-state index is 0.339. The van der Waals surface area contributed by atoms with Crippen LogP contribution in [-0.2, 0) is 6.42 Å². The molecule has 0 radical (unpaired) electrons. The predicted octanol–water partition coefficient (Wildman–Crippen LogP) is 2.57. The third-order valence-corrected chi connectivity index (χ3v) is 4.08. The molecule has 1 aliphatic rings. The second-order valence-electron chi connectivity index (χ2n) is 5.65. The molecule has 1 fully saturated rings. The average molecular weight is 247 g/mol. The molecule has 100 valence electrons. The molecule has 1 N–H and O–H groups in total. The molecular weight excluding hydrogens is 222 g/mol. The number of aliphatic hydroxyl groups is 1. The summed E-state index contributed by atoms with van der Waals surface area (Å²) in [4.78, 5) is 2.46. The van der Waals surface area contributed by atoms with Gasteiger partial charge in [0, 0.05) is 19.7 Å². The van der Waals surface area contributed by atoms with Gasteiger partial charge in [0.15, 0.2) is 0 Å². The highest BCUT2D eigenvalue weighted by Crippen LogP contribution is 2.29. The first-order valence-electron chi connectivity index (χ1n) is 7.13. The summed E-state index contributed by atoms with van der Waals surface area (Å²) in [5.74, 6) is 1.60. The Morgan fingerprint density at radius 1 is 1.11 bits per heavy atom. The number of hydrogen-bond acceptors (Lipinski definition) is 2. The van der Waals surface area contributed by atoms with E-state index in [9.17, 15) is 0 Å². The van der Waals surface area contributed by atoms with Crippen LogP contribution in [0, 0.1) is 11.8 Å². The molecule has 0 aromatic heterocycles. The van der Waals surface area contributed by atoms with Crippen molar-refractivity contribution in [3.63, 3.8) is 0 Å². The van der Waals surface area contributed by atoms with Crippen molar-refractivity contribution in [2.75, 3.05) is 26.7 Å². The quantitative estimate of drug-likeness (QED) is 0.781. The van der Waals surface area contributed by atoms with E-state index in [0.29, 0.717) is 6.61 Å². The lowest BCUT2D eigenvalue weighted by atomic mass is 9.86. The van der Waals surface area contributed by atoms with Crippen LogP contribution in [0.4, 0.5) is 0 Å². The van der Waals surface area contributed by atoms with Gasteiger partial charge in [0.2, 0.25) is 0 Å². The number of likely N-dealkylation sites (tertiary alicyclic amines) is 1. The highest BCUT2D eigenvalue weighted by molar-refractivity contribution is 5.15. The summed E-state index contributed by atoms with van der Waals surface area (Å²) in [5, 5.41) is 8.88. The first-order valence-corrected chi connectivity index (χ1v) is 7.13. The SMILES string of the molecule is CN1C[C@@H](Cc2ccccc2)[C@@H](CCCCO)C1. The van der Waals surface area contributed by atoms with Gasteiger partial charge in [-0.2, -0.15) is 0 Å². The molecule has 2 nitrogen and oxygen atoms in total. The number of benzene rings is 1. The molecule has 2 rings (SSSR count). The molecule has 0 amide bonds. The molecule has 1 aliphatic heterocycles. The van der Waals surface area contributed by atoms with E-state index in [-0.39, 0.29) is 0 Å². The third kappa shape index (κ3) is 3.82. The van der Waals surface area contributed by atoms with Crippen molar-refractivity contribution in [2.45, 2.75) is 25.7 Å². The summed E-state index contributed by atoms with van der Waals surface area (Å²) < 4.78 is 0. The minimum absolute atomic E-state index is 0.339. The normalized spacial score (nSPS) is 24.6. The molecule has 2 atom stereocenters. The van der Waals surface area contributed by atoms with Gasteiger partial charge in [-0.05, 0) is 43.7 Å². The second-order valence-corrected chi connectivity index (χ2v) is 5.65. The number of rotatable bonds is 6. The van der Waals surface area contributed by atoms with Crippen LogP contribution in [0.2, 0.25) is 0 Å². The topological polar surface area (TPSA) is 23.5 Å². The molecule has 1 saturated heterocycles. The van der Waals surface area contributed by atoms with Crippen LogP contribution in [-0.4, -0.2) is 36.8 Å². The van der Waals surface area contributed by atoms with Crippen LogP contribution < -0.4 is 0 Å². The van der Waals surface area contributed by atoms with Crippen molar-refractivity contribution < 1.29 is 5.11 Å². The van der Waals surface area contributed by atoms with Gasteiger partial charge in [-0.1, -0.05) is 36.8 Å². The molecule has 0 unspecified atom stereocenters. The Balaban J connectivity index is 1.88. The van der Waals surface area contributed by atoms with Crippen LogP contribution in [0.5, 0.6) is 0 Å². The van der Waals surface area contributed by atoms with E-state index in [1.165, 1.54) is 37.9 Å². The molecule has 1 heterocycles. The summed E-state index contributed by atoms with van der Waals surface area (Å²) in [6.07, 6.45) is 4.59. The summed E-state index contributed by atoms with van der Waals surface area (Å²) in [6.45, 7) is 2.79. The molecule has 1 aromatic carbocycles. The van der Waals surface area contributed by atoms with Crippen LogP contribution >= 0.6 is 0 Å². The first kappa shape index (κ1) is 13.6. The van der Waals surface area contributed by atoms with E-state index >= 15 is 0 Å². The van der Waals surface area contributed by atoms with Crippen LogP contribution in [0.3, 0.4) is 0 Å². The van der Waals surface area contributed by atoms with Gasteiger partial charge in [0.25, 0.3) is 0 Å². The van der Waals surface area contributed by atoms with Crippen molar-refractivity contribution in [2.24, 2.45) is 11.8 Å². The van der Waals surface area contributed by atoms with Gasteiger partial charge in [-0.25, -0.2) is 0 Å². The average Bonchev–Trinajstić information content (AvgIpc) is 2.71. The summed E-state index contributed by atoms with van der Waals surface area (Å²) >= 11 is 0. The summed E-state index contributed by atoms with van der Waals surface area (Å²) in [7, 11) is 2.23. The largest absolute Gasteiger partial charge is 0.396 e. The Bertz CT molecular complexity index is 338. The second kappa shape index (κ2) is 6.91. The maximum absolute atomic E-state index is 8.88. The molecule has 0 aliphatic carbocycles. The lowest BCUT2D eigenvalue weighted by Gasteiger charge is -2.18. The molecule has 18 heavy (non-hydrogen) atoms. The fraction of sp³-hybridized carbons (Fsp3) is 0.625. The molecule has 1 aromatic rings.